The fraction of sp³-hybridized carbons (Fsp3) is 0.967. The van der Waals surface area contributed by atoms with Gasteiger partial charge in [0.15, 0.2) is 0 Å². The molecule has 0 saturated heterocycles. The molecule has 234 valence electrons. The number of ether oxygens (including phenoxy) is 1. The molecule has 0 rings (SSSR count). The van der Waals surface area contributed by atoms with E-state index in [0.717, 1.165) is 19.3 Å². The van der Waals surface area contributed by atoms with Gasteiger partial charge < -0.3 is 19.2 Å². The summed E-state index contributed by atoms with van der Waals surface area (Å²) in [4.78, 5) is 21.5. The van der Waals surface area contributed by atoms with Crippen LogP contribution in [0.25, 0.3) is 0 Å². The summed E-state index contributed by atoms with van der Waals surface area (Å²) >= 11 is 0. The van der Waals surface area contributed by atoms with Crippen LogP contribution in [-0.4, -0.2) is 74.1 Å². The molecule has 0 fully saturated rings. The van der Waals surface area contributed by atoms with E-state index >= 15 is 0 Å². The Hall–Kier alpha value is -0.500. The summed E-state index contributed by atoms with van der Waals surface area (Å²) in [6.07, 6.45) is 24.0. The number of carbonyl (C=O) groups is 1. The van der Waals surface area contributed by atoms with Gasteiger partial charge in [0, 0.05) is 6.42 Å². The van der Waals surface area contributed by atoms with Crippen LogP contribution < -0.4 is 0 Å². The molecule has 0 aromatic carbocycles. The molecule has 0 spiro atoms. The van der Waals surface area contributed by atoms with Crippen LogP contribution in [0.4, 0.5) is 0 Å². The number of likely N-dealkylation sites (N-methyl/N-ethyl adjacent to an activating group) is 1. The third kappa shape index (κ3) is 30.3. The van der Waals surface area contributed by atoms with Crippen LogP contribution in [0.2, 0.25) is 0 Å². The zero-order chi connectivity index (χ0) is 29.2. The Kier molecular flexibility index (Phi) is 24.9. The van der Waals surface area contributed by atoms with E-state index in [1.165, 1.54) is 103 Å². The second-order valence-electron chi connectivity index (χ2n) is 12.1. The molecule has 39 heavy (non-hydrogen) atoms. The number of quaternary nitrogens is 1. The molecule has 0 aliphatic rings. The lowest BCUT2D eigenvalue weighted by Gasteiger charge is -2.24. The zero-order valence-corrected chi connectivity index (χ0v) is 26.8. The first-order valence-corrected chi connectivity index (χ1v) is 17.3. The lowest BCUT2D eigenvalue weighted by Crippen LogP contribution is -2.37. The molecular weight excluding hydrogens is 517 g/mol. The van der Waals surface area contributed by atoms with Crippen LogP contribution in [0.3, 0.4) is 0 Å². The third-order valence-electron chi connectivity index (χ3n) is 6.87. The van der Waals surface area contributed by atoms with E-state index in [2.05, 4.69) is 6.92 Å². The number of nitrogens with zero attached hydrogens (tertiary/aromatic N) is 1. The highest BCUT2D eigenvalue weighted by atomic mass is 31.2. The molecule has 0 saturated carbocycles. The number of hydrogen-bond donors (Lipinski definition) is 2. The summed E-state index contributed by atoms with van der Waals surface area (Å²) in [6, 6.07) is 0. The van der Waals surface area contributed by atoms with E-state index in [-0.39, 0.29) is 19.2 Å². The molecule has 0 heterocycles. The molecule has 8 nitrogen and oxygen atoms in total. The average Bonchev–Trinajstić information content (AvgIpc) is 2.86. The number of aliphatic hydroxyl groups excluding tert-OH is 1. The average molecular weight is 581 g/mol. The van der Waals surface area contributed by atoms with E-state index in [1.807, 2.05) is 21.1 Å². The van der Waals surface area contributed by atoms with E-state index in [0.29, 0.717) is 17.4 Å². The van der Waals surface area contributed by atoms with Crippen molar-refractivity contribution in [2.75, 3.05) is 47.5 Å². The predicted molar refractivity (Wildman–Crippen MR) is 160 cm³/mol. The Labute approximate surface area is 240 Å². The normalized spacial score (nSPS) is 14.3. The number of phosphoric ester groups is 1. The Morgan fingerprint density at radius 3 is 1.51 bits per heavy atom. The maximum atomic E-state index is 11.9. The van der Waals surface area contributed by atoms with Crippen molar-refractivity contribution in [3.8, 4) is 0 Å². The molecule has 0 radical (unpaired) electrons. The monoisotopic (exact) mass is 580 g/mol. The van der Waals surface area contributed by atoms with E-state index in [1.54, 1.807) is 0 Å². The van der Waals surface area contributed by atoms with Gasteiger partial charge in [-0.1, -0.05) is 122 Å². The quantitative estimate of drug-likeness (QED) is 0.0407. The number of carbonyl (C=O) groups excluding carboxylic acids is 1. The molecule has 2 unspecified atom stereocenters. The Morgan fingerprint density at radius 1 is 0.692 bits per heavy atom. The highest BCUT2D eigenvalue weighted by Gasteiger charge is 2.24. The smallest absolute Gasteiger partial charge is 0.463 e. The SMILES string of the molecule is CCCCCCCCCCCCCCCCCCCCCC(=O)OCC(O)COP(=O)(O)OCC[N+](C)(C)C. The fourth-order valence-corrected chi connectivity index (χ4v) is 5.05. The van der Waals surface area contributed by atoms with Gasteiger partial charge in [-0.05, 0) is 6.42 Å². The van der Waals surface area contributed by atoms with Crippen LogP contribution >= 0.6 is 7.82 Å². The maximum Gasteiger partial charge on any atom is 0.472 e. The predicted octanol–water partition coefficient (Wildman–Crippen LogP) is 7.55. The lowest BCUT2D eigenvalue weighted by atomic mass is 10.0. The van der Waals surface area contributed by atoms with Gasteiger partial charge >= 0.3 is 13.8 Å². The van der Waals surface area contributed by atoms with Crippen molar-refractivity contribution in [2.45, 2.75) is 141 Å². The van der Waals surface area contributed by atoms with Gasteiger partial charge in [-0.2, -0.15) is 0 Å². The summed E-state index contributed by atoms with van der Waals surface area (Å²) in [6.45, 7) is 2.16. The first-order chi connectivity index (χ1) is 18.6. The van der Waals surface area contributed by atoms with E-state index in [4.69, 9.17) is 13.8 Å². The number of esters is 1. The molecule has 0 amide bonds. The van der Waals surface area contributed by atoms with Crippen molar-refractivity contribution in [1.29, 1.82) is 0 Å². The minimum absolute atomic E-state index is 0.0573. The van der Waals surface area contributed by atoms with Gasteiger partial charge in [-0.3, -0.25) is 13.8 Å². The first kappa shape index (κ1) is 38.5. The molecular formula is C30H63NO7P+. The van der Waals surface area contributed by atoms with Gasteiger partial charge in [0.25, 0.3) is 0 Å². The van der Waals surface area contributed by atoms with Gasteiger partial charge in [0.2, 0.25) is 0 Å². The topological polar surface area (TPSA) is 102 Å². The molecule has 0 bridgehead atoms. The Morgan fingerprint density at radius 2 is 1.10 bits per heavy atom. The van der Waals surface area contributed by atoms with Crippen LogP contribution in [-0.2, 0) is 23.1 Å². The Balaban J connectivity index is 3.45. The van der Waals surface area contributed by atoms with Crippen molar-refractivity contribution >= 4 is 13.8 Å². The zero-order valence-electron chi connectivity index (χ0n) is 25.9. The summed E-state index contributed by atoms with van der Waals surface area (Å²) in [5.74, 6) is -0.368. The number of phosphoric acid groups is 1. The molecule has 0 aliphatic carbocycles. The third-order valence-corrected chi connectivity index (χ3v) is 7.85. The van der Waals surface area contributed by atoms with Crippen LogP contribution in [0, 0.1) is 0 Å². The van der Waals surface area contributed by atoms with Gasteiger partial charge in [0.05, 0.1) is 27.7 Å². The fourth-order valence-electron chi connectivity index (χ4n) is 4.30. The molecule has 2 N–H and O–H groups in total. The Bertz CT molecular complexity index is 613. The highest BCUT2D eigenvalue weighted by molar-refractivity contribution is 7.47. The lowest BCUT2D eigenvalue weighted by molar-refractivity contribution is -0.870. The van der Waals surface area contributed by atoms with Gasteiger partial charge in [0.1, 0.15) is 25.9 Å². The van der Waals surface area contributed by atoms with Crippen molar-refractivity contribution in [3.05, 3.63) is 0 Å². The largest absolute Gasteiger partial charge is 0.472 e. The molecule has 0 aromatic heterocycles. The number of aliphatic hydroxyl groups is 1. The first-order valence-electron chi connectivity index (χ1n) is 15.8. The van der Waals surface area contributed by atoms with Gasteiger partial charge in [-0.25, -0.2) is 4.57 Å². The van der Waals surface area contributed by atoms with Crippen molar-refractivity contribution in [3.63, 3.8) is 0 Å². The van der Waals surface area contributed by atoms with Crippen molar-refractivity contribution < 1.29 is 37.6 Å². The van der Waals surface area contributed by atoms with Crippen molar-refractivity contribution in [1.82, 2.24) is 0 Å². The summed E-state index contributed by atoms with van der Waals surface area (Å²) in [5, 5.41) is 9.86. The standard InChI is InChI=1S/C30H62NO7P/c1-5-6-7-8-9-10-11-12-13-14-15-16-17-18-19-20-21-22-23-24-30(33)36-27-29(32)28-38-39(34,35)37-26-25-31(2,3)4/h29,32H,5-28H2,1-4H3/p+1. The van der Waals surface area contributed by atoms with E-state index in [9.17, 15) is 19.4 Å². The number of hydrogen-bond acceptors (Lipinski definition) is 6. The van der Waals surface area contributed by atoms with Crippen LogP contribution in [0.1, 0.15) is 135 Å². The second kappa shape index (κ2) is 25.2. The maximum absolute atomic E-state index is 11.9. The van der Waals surface area contributed by atoms with Gasteiger partial charge in [-0.15, -0.1) is 0 Å². The van der Waals surface area contributed by atoms with E-state index < -0.39 is 20.5 Å². The number of unbranched alkanes of at least 4 members (excludes halogenated alkanes) is 18. The molecule has 0 aliphatic heterocycles. The molecule has 9 heteroatoms. The summed E-state index contributed by atoms with van der Waals surface area (Å²) in [7, 11) is 1.57. The molecule has 2 atom stereocenters. The summed E-state index contributed by atoms with van der Waals surface area (Å²) in [5.41, 5.74) is 0. The minimum Gasteiger partial charge on any atom is -0.463 e. The number of rotatable bonds is 29. The minimum atomic E-state index is -4.24. The second-order valence-corrected chi connectivity index (χ2v) is 13.5. The van der Waals surface area contributed by atoms with Crippen LogP contribution in [0.15, 0.2) is 0 Å². The summed E-state index contributed by atoms with van der Waals surface area (Å²) < 4.78 is 27.1. The molecule has 0 aromatic rings. The van der Waals surface area contributed by atoms with Crippen LogP contribution in [0.5, 0.6) is 0 Å². The highest BCUT2D eigenvalue weighted by Crippen LogP contribution is 2.43. The van der Waals surface area contributed by atoms with Crippen molar-refractivity contribution in [2.24, 2.45) is 0 Å².